The second-order valence-corrected chi connectivity index (χ2v) is 4.34. The fourth-order valence-corrected chi connectivity index (χ4v) is 1.58. The third kappa shape index (κ3) is 7.69. The molecule has 0 aromatic heterocycles. The normalized spacial score (nSPS) is 14.5. The maximum absolute atomic E-state index is 11.0. The Bertz CT molecular complexity index is 180. The summed E-state index contributed by atoms with van der Waals surface area (Å²) in [4.78, 5) is 11.0. The second-order valence-electron chi connectivity index (χ2n) is 4.34. The zero-order chi connectivity index (χ0) is 12.4. The van der Waals surface area contributed by atoms with Gasteiger partial charge in [0.1, 0.15) is 0 Å². The zero-order valence-corrected chi connectivity index (χ0v) is 11.1. The summed E-state index contributed by atoms with van der Waals surface area (Å²) in [7, 11) is 1.41. The van der Waals surface area contributed by atoms with Crippen LogP contribution in [0.2, 0.25) is 0 Å². The fourth-order valence-electron chi connectivity index (χ4n) is 1.58. The number of methoxy groups -OCH3 is 1. The average Bonchev–Trinajstić information content (AvgIpc) is 2.29. The van der Waals surface area contributed by atoms with Crippen LogP contribution in [0.15, 0.2) is 0 Å². The van der Waals surface area contributed by atoms with Crippen LogP contribution in [0.25, 0.3) is 0 Å². The maximum atomic E-state index is 11.0. The summed E-state index contributed by atoms with van der Waals surface area (Å²) in [5.41, 5.74) is 0. The first-order valence-electron chi connectivity index (χ1n) is 6.32. The highest BCUT2D eigenvalue weighted by Gasteiger charge is 2.12. The largest absolute Gasteiger partial charge is 0.469 e. The van der Waals surface area contributed by atoms with E-state index in [2.05, 4.69) is 18.6 Å². The minimum Gasteiger partial charge on any atom is -0.469 e. The van der Waals surface area contributed by atoms with E-state index in [-0.39, 0.29) is 12.1 Å². The number of hydrogen-bond acceptors (Lipinski definition) is 3. The molecule has 2 atom stereocenters. The van der Waals surface area contributed by atoms with Gasteiger partial charge in [-0.2, -0.15) is 0 Å². The van der Waals surface area contributed by atoms with Crippen molar-refractivity contribution in [3.63, 3.8) is 0 Å². The number of carbonyl (C=O) groups excluding carboxylic acids is 1. The molecule has 0 aromatic rings. The van der Waals surface area contributed by atoms with Crippen molar-refractivity contribution in [2.24, 2.45) is 5.92 Å². The van der Waals surface area contributed by atoms with E-state index in [0.717, 1.165) is 13.0 Å². The molecule has 0 saturated carbocycles. The van der Waals surface area contributed by atoms with Crippen molar-refractivity contribution in [2.75, 3.05) is 13.7 Å². The molecule has 0 heterocycles. The van der Waals surface area contributed by atoms with Gasteiger partial charge in [0.05, 0.1) is 19.6 Å². The molecule has 96 valence electrons. The van der Waals surface area contributed by atoms with Crippen LogP contribution in [0.4, 0.5) is 0 Å². The van der Waals surface area contributed by atoms with E-state index >= 15 is 0 Å². The zero-order valence-electron chi connectivity index (χ0n) is 11.1. The van der Waals surface area contributed by atoms with E-state index in [0.29, 0.717) is 12.3 Å². The second kappa shape index (κ2) is 9.64. The molecule has 0 amide bonds. The lowest BCUT2D eigenvalue weighted by atomic mass is 10.0. The number of esters is 1. The lowest BCUT2D eigenvalue weighted by Gasteiger charge is -2.18. The van der Waals surface area contributed by atoms with Crippen LogP contribution in [-0.4, -0.2) is 25.8 Å². The van der Waals surface area contributed by atoms with Gasteiger partial charge < -0.3 is 9.47 Å². The Morgan fingerprint density at radius 1 is 1.31 bits per heavy atom. The number of unbranched alkanes of at least 4 members (excludes halogenated alkanes) is 1. The molecule has 3 heteroatoms. The Hall–Kier alpha value is -0.570. The van der Waals surface area contributed by atoms with Crippen molar-refractivity contribution < 1.29 is 14.3 Å². The standard InChI is InChI=1S/C13H26O3/c1-5-7-8-12(6-2)10-16-11(3)9-13(14)15-4/h11-12H,5-10H2,1-4H3. The van der Waals surface area contributed by atoms with Crippen LogP contribution in [0.5, 0.6) is 0 Å². The number of hydrogen-bond donors (Lipinski definition) is 0. The van der Waals surface area contributed by atoms with Gasteiger partial charge in [-0.1, -0.05) is 33.1 Å². The first kappa shape index (κ1) is 15.4. The van der Waals surface area contributed by atoms with Crippen LogP contribution in [0.3, 0.4) is 0 Å². The van der Waals surface area contributed by atoms with E-state index in [1.54, 1.807) is 0 Å². The van der Waals surface area contributed by atoms with Gasteiger partial charge >= 0.3 is 5.97 Å². The van der Waals surface area contributed by atoms with E-state index in [4.69, 9.17) is 4.74 Å². The highest BCUT2D eigenvalue weighted by molar-refractivity contribution is 5.69. The van der Waals surface area contributed by atoms with E-state index in [1.165, 1.54) is 26.4 Å². The molecule has 0 saturated heterocycles. The van der Waals surface area contributed by atoms with Crippen molar-refractivity contribution in [2.45, 2.75) is 59.0 Å². The summed E-state index contributed by atoms with van der Waals surface area (Å²) in [5.74, 6) is 0.425. The van der Waals surface area contributed by atoms with Gasteiger partial charge in [-0.05, 0) is 19.3 Å². The Morgan fingerprint density at radius 2 is 2.00 bits per heavy atom. The van der Waals surface area contributed by atoms with Gasteiger partial charge in [0.2, 0.25) is 0 Å². The van der Waals surface area contributed by atoms with Gasteiger partial charge in [0, 0.05) is 6.61 Å². The molecule has 0 bridgehead atoms. The predicted octanol–water partition coefficient (Wildman–Crippen LogP) is 3.17. The van der Waals surface area contributed by atoms with Gasteiger partial charge in [-0.25, -0.2) is 0 Å². The molecule has 0 aliphatic carbocycles. The summed E-state index contributed by atoms with van der Waals surface area (Å²) in [6.07, 6.45) is 5.16. The summed E-state index contributed by atoms with van der Waals surface area (Å²) in [6.45, 7) is 7.07. The van der Waals surface area contributed by atoms with Crippen LogP contribution in [-0.2, 0) is 14.3 Å². The first-order chi connectivity index (χ1) is 7.63. The molecule has 0 aliphatic rings. The molecule has 0 aliphatic heterocycles. The molecule has 16 heavy (non-hydrogen) atoms. The maximum Gasteiger partial charge on any atom is 0.308 e. The molecule has 0 rings (SSSR count). The van der Waals surface area contributed by atoms with Crippen molar-refractivity contribution >= 4 is 5.97 Å². The number of ether oxygens (including phenoxy) is 2. The SMILES string of the molecule is CCCCC(CC)COC(C)CC(=O)OC. The quantitative estimate of drug-likeness (QED) is 0.571. The van der Waals surface area contributed by atoms with Crippen LogP contribution in [0.1, 0.15) is 52.9 Å². The van der Waals surface area contributed by atoms with Gasteiger partial charge in [0.15, 0.2) is 0 Å². The van der Waals surface area contributed by atoms with Crippen molar-refractivity contribution in [3.05, 3.63) is 0 Å². The Balaban J connectivity index is 3.69. The van der Waals surface area contributed by atoms with Crippen LogP contribution < -0.4 is 0 Å². The molecule has 0 spiro atoms. The third-order valence-corrected chi connectivity index (χ3v) is 2.84. The lowest BCUT2D eigenvalue weighted by molar-refractivity contribution is -0.143. The first-order valence-corrected chi connectivity index (χ1v) is 6.32. The van der Waals surface area contributed by atoms with E-state index in [1.807, 2.05) is 6.92 Å². The molecule has 0 fully saturated rings. The predicted molar refractivity (Wildman–Crippen MR) is 65.4 cm³/mol. The van der Waals surface area contributed by atoms with E-state index < -0.39 is 0 Å². The average molecular weight is 230 g/mol. The summed E-state index contributed by atoms with van der Waals surface area (Å²) < 4.78 is 10.3. The number of rotatable bonds is 9. The summed E-state index contributed by atoms with van der Waals surface area (Å²) in [6, 6.07) is 0. The van der Waals surface area contributed by atoms with Gasteiger partial charge in [-0.15, -0.1) is 0 Å². The monoisotopic (exact) mass is 230 g/mol. The topological polar surface area (TPSA) is 35.5 Å². The number of carbonyl (C=O) groups is 1. The molecular weight excluding hydrogens is 204 g/mol. The molecule has 3 nitrogen and oxygen atoms in total. The highest BCUT2D eigenvalue weighted by atomic mass is 16.5. The molecule has 0 N–H and O–H groups in total. The third-order valence-electron chi connectivity index (χ3n) is 2.84. The fraction of sp³-hybridized carbons (Fsp3) is 0.923. The minimum absolute atomic E-state index is 0.0388. The van der Waals surface area contributed by atoms with Gasteiger partial charge in [-0.3, -0.25) is 4.79 Å². The smallest absolute Gasteiger partial charge is 0.308 e. The Morgan fingerprint density at radius 3 is 2.50 bits per heavy atom. The van der Waals surface area contributed by atoms with Crippen LogP contribution in [0, 0.1) is 5.92 Å². The van der Waals surface area contributed by atoms with Gasteiger partial charge in [0.25, 0.3) is 0 Å². The molecule has 0 aromatic carbocycles. The Kier molecular flexibility index (Phi) is 9.30. The van der Waals surface area contributed by atoms with Crippen molar-refractivity contribution in [3.8, 4) is 0 Å². The van der Waals surface area contributed by atoms with E-state index in [9.17, 15) is 4.79 Å². The highest BCUT2D eigenvalue weighted by Crippen LogP contribution is 2.14. The van der Waals surface area contributed by atoms with Crippen LogP contribution >= 0.6 is 0 Å². The molecule has 0 radical (unpaired) electrons. The summed E-state index contributed by atoms with van der Waals surface area (Å²) in [5, 5.41) is 0. The lowest BCUT2D eigenvalue weighted by Crippen LogP contribution is -2.19. The summed E-state index contributed by atoms with van der Waals surface area (Å²) >= 11 is 0. The van der Waals surface area contributed by atoms with Crippen molar-refractivity contribution in [1.29, 1.82) is 0 Å². The minimum atomic E-state index is -0.200. The van der Waals surface area contributed by atoms with Crippen molar-refractivity contribution in [1.82, 2.24) is 0 Å². The molecular formula is C13H26O3. The Labute approximate surface area is 99.5 Å². The molecule has 2 unspecified atom stereocenters.